The number of benzene rings is 2. The highest BCUT2D eigenvalue weighted by Crippen LogP contribution is 2.22. The minimum absolute atomic E-state index is 0.0102. The van der Waals surface area contributed by atoms with Gasteiger partial charge in [0.05, 0.1) is 24.7 Å². The Hall–Kier alpha value is -2.84. The highest BCUT2D eigenvalue weighted by Gasteiger charge is 2.14. The highest BCUT2D eigenvalue weighted by molar-refractivity contribution is 7.99. The van der Waals surface area contributed by atoms with Gasteiger partial charge in [-0.2, -0.15) is 0 Å². The lowest BCUT2D eigenvalue weighted by Gasteiger charge is -2.29. The van der Waals surface area contributed by atoms with E-state index in [1.165, 1.54) is 29.6 Å². The molecule has 1 aliphatic heterocycles. The van der Waals surface area contributed by atoms with Crippen molar-refractivity contribution in [3.63, 3.8) is 0 Å². The highest BCUT2D eigenvalue weighted by atomic mass is 32.2. The second-order valence-corrected chi connectivity index (χ2v) is 8.31. The molecule has 0 spiro atoms. The van der Waals surface area contributed by atoms with Gasteiger partial charge < -0.3 is 14.5 Å². The van der Waals surface area contributed by atoms with Crippen LogP contribution in [0.1, 0.15) is 5.56 Å². The molecule has 4 rings (SSSR count). The van der Waals surface area contributed by atoms with Gasteiger partial charge in [-0.1, -0.05) is 30.0 Å². The van der Waals surface area contributed by atoms with Crippen LogP contribution in [-0.2, 0) is 16.1 Å². The Morgan fingerprint density at radius 1 is 1.16 bits per heavy atom. The Balaban J connectivity index is 1.32. The first kappa shape index (κ1) is 21.4. The molecule has 3 aromatic rings. The van der Waals surface area contributed by atoms with E-state index in [2.05, 4.69) is 34.1 Å². The number of ether oxygens (including phenoxy) is 1. The lowest BCUT2D eigenvalue weighted by Crippen LogP contribution is -2.36. The molecule has 1 aromatic heterocycles. The van der Waals surface area contributed by atoms with Gasteiger partial charge in [-0.3, -0.25) is 9.36 Å². The molecule has 1 saturated heterocycles. The largest absolute Gasteiger partial charge is 0.378 e. The van der Waals surface area contributed by atoms with E-state index in [4.69, 9.17) is 4.74 Å². The third kappa shape index (κ3) is 5.45. The number of nitrogens with zero attached hydrogens (tertiary/aromatic N) is 4. The molecule has 0 aliphatic carbocycles. The van der Waals surface area contributed by atoms with Crippen molar-refractivity contribution in [2.75, 3.05) is 44.0 Å². The molecular formula is C23H25FN4O2S. The van der Waals surface area contributed by atoms with Gasteiger partial charge >= 0.3 is 0 Å². The fourth-order valence-electron chi connectivity index (χ4n) is 3.45. The summed E-state index contributed by atoms with van der Waals surface area (Å²) in [5.74, 6) is -0.0389. The molecule has 0 atom stereocenters. The first-order valence-electron chi connectivity index (χ1n) is 10.2. The number of anilines is 1. The molecule has 31 heavy (non-hydrogen) atoms. The van der Waals surface area contributed by atoms with E-state index in [0.29, 0.717) is 17.4 Å². The average molecular weight is 441 g/mol. The molecule has 1 amide bonds. The van der Waals surface area contributed by atoms with Crippen molar-refractivity contribution in [2.24, 2.45) is 0 Å². The molecule has 0 unspecified atom stereocenters. The van der Waals surface area contributed by atoms with E-state index in [1.807, 2.05) is 6.07 Å². The number of hydrogen-bond acceptors (Lipinski definition) is 5. The zero-order chi connectivity index (χ0) is 21.6. The van der Waals surface area contributed by atoms with Crippen LogP contribution in [0.15, 0.2) is 66.1 Å². The summed E-state index contributed by atoms with van der Waals surface area (Å²) < 4.78 is 20.7. The summed E-state index contributed by atoms with van der Waals surface area (Å²) in [6, 6.07) is 14.6. The Labute approximate surface area is 185 Å². The van der Waals surface area contributed by atoms with Gasteiger partial charge in [0.25, 0.3) is 0 Å². The summed E-state index contributed by atoms with van der Waals surface area (Å²) >= 11 is 1.34. The third-order valence-electron chi connectivity index (χ3n) is 5.18. The van der Waals surface area contributed by atoms with Crippen LogP contribution in [0, 0.1) is 5.82 Å². The van der Waals surface area contributed by atoms with Crippen LogP contribution in [0.3, 0.4) is 0 Å². The fourth-order valence-corrected chi connectivity index (χ4v) is 4.36. The molecule has 8 heteroatoms. The molecule has 6 nitrogen and oxygen atoms in total. The number of rotatable bonds is 7. The summed E-state index contributed by atoms with van der Waals surface area (Å²) in [7, 11) is 1.80. The molecule has 0 radical (unpaired) electrons. The first-order valence-corrected chi connectivity index (χ1v) is 11.2. The predicted molar refractivity (Wildman–Crippen MR) is 120 cm³/mol. The first-order chi connectivity index (χ1) is 15.1. The van der Waals surface area contributed by atoms with Crippen LogP contribution >= 0.6 is 11.8 Å². The maximum atomic E-state index is 13.5. The van der Waals surface area contributed by atoms with Gasteiger partial charge in [-0.25, -0.2) is 9.37 Å². The van der Waals surface area contributed by atoms with Gasteiger partial charge in [0, 0.05) is 44.8 Å². The Bertz CT molecular complexity index is 1020. The van der Waals surface area contributed by atoms with Crippen LogP contribution in [0.25, 0.3) is 5.69 Å². The molecule has 1 aliphatic rings. The average Bonchev–Trinajstić information content (AvgIpc) is 3.27. The summed E-state index contributed by atoms with van der Waals surface area (Å²) in [5.41, 5.74) is 2.95. The number of hydrogen-bond donors (Lipinski definition) is 0. The Morgan fingerprint density at radius 2 is 1.94 bits per heavy atom. The van der Waals surface area contributed by atoms with E-state index in [9.17, 15) is 9.18 Å². The maximum absolute atomic E-state index is 13.5. The fraction of sp³-hybridized carbons (Fsp3) is 0.304. The molecule has 0 N–H and O–H groups in total. The molecule has 1 fully saturated rings. The van der Waals surface area contributed by atoms with Gasteiger partial charge in [-0.05, 0) is 35.9 Å². The zero-order valence-corrected chi connectivity index (χ0v) is 18.2. The van der Waals surface area contributed by atoms with Crippen LogP contribution in [0.5, 0.6) is 0 Å². The molecule has 0 bridgehead atoms. The number of amides is 1. The number of aromatic nitrogens is 2. The third-order valence-corrected chi connectivity index (χ3v) is 6.13. The summed E-state index contributed by atoms with van der Waals surface area (Å²) in [6.45, 7) is 3.87. The van der Waals surface area contributed by atoms with E-state index < -0.39 is 0 Å². The van der Waals surface area contributed by atoms with Crippen LogP contribution in [-0.4, -0.2) is 59.5 Å². The van der Waals surface area contributed by atoms with Crippen LogP contribution < -0.4 is 4.90 Å². The van der Waals surface area contributed by atoms with E-state index in [-0.39, 0.29) is 17.5 Å². The number of halogens is 1. The minimum atomic E-state index is -0.308. The number of thioether (sulfide) groups is 1. The standard InChI is InChI=1S/C23H25FN4O2S/c1-26(16-18-5-7-20(8-6-18)27-11-13-30-14-12-27)22(29)17-31-23-25-9-10-28(23)21-4-2-3-19(24)15-21/h2-10,15H,11-14,16-17H2,1H3. The predicted octanol–water partition coefficient (Wildman–Crippen LogP) is 3.60. The van der Waals surface area contributed by atoms with Crippen molar-refractivity contribution in [2.45, 2.75) is 11.7 Å². The van der Waals surface area contributed by atoms with Crippen LogP contribution in [0.2, 0.25) is 0 Å². The number of carbonyl (C=O) groups is 1. The molecule has 2 heterocycles. The molecule has 0 saturated carbocycles. The van der Waals surface area contributed by atoms with Crippen molar-refractivity contribution >= 4 is 23.4 Å². The lowest BCUT2D eigenvalue weighted by molar-refractivity contribution is -0.127. The van der Waals surface area contributed by atoms with Crippen LogP contribution in [0.4, 0.5) is 10.1 Å². The number of imidazole rings is 1. The van der Waals surface area contributed by atoms with Crippen molar-refractivity contribution in [1.82, 2.24) is 14.5 Å². The smallest absolute Gasteiger partial charge is 0.233 e. The zero-order valence-electron chi connectivity index (χ0n) is 17.4. The molecular weight excluding hydrogens is 415 g/mol. The second-order valence-electron chi connectivity index (χ2n) is 7.36. The summed E-state index contributed by atoms with van der Waals surface area (Å²) in [5, 5.41) is 0.655. The summed E-state index contributed by atoms with van der Waals surface area (Å²) in [4.78, 5) is 21.0. The Kier molecular flexibility index (Phi) is 6.89. The summed E-state index contributed by atoms with van der Waals surface area (Å²) in [6.07, 6.45) is 3.42. The molecule has 2 aromatic carbocycles. The SMILES string of the molecule is CN(Cc1ccc(N2CCOCC2)cc1)C(=O)CSc1nccn1-c1cccc(F)c1. The number of carbonyl (C=O) groups excluding carboxylic acids is 1. The van der Waals surface area contributed by atoms with Crippen molar-refractivity contribution < 1.29 is 13.9 Å². The van der Waals surface area contributed by atoms with Gasteiger partial charge in [-0.15, -0.1) is 0 Å². The van der Waals surface area contributed by atoms with Gasteiger partial charge in [0.1, 0.15) is 5.82 Å². The minimum Gasteiger partial charge on any atom is -0.378 e. The normalized spacial score (nSPS) is 13.9. The lowest BCUT2D eigenvalue weighted by atomic mass is 10.2. The quantitative estimate of drug-likeness (QED) is 0.526. The molecule has 162 valence electrons. The number of morpholine rings is 1. The Morgan fingerprint density at radius 3 is 2.68 bits per heavy atom. The van der Waals surface area contributed by atoms with Gasteiger partial charge in [0.15, 0.2) is 5.16 Å². The van der Waals surface area contributed by atoms with E-state index in [1.54, 1.807) is 35.0 Å². The van der Waals surface area contributed by atoms with E-state index in [0.717, 1.165) is 31.9 Å². The van der Waals surface area contributed by atoms with Crippen molar-refractivity contribution in [3.8, 4) is 5.69 Å². The van der Waals surface area contributed by atoms with Crippen molar-refractivity contribution in [3.05, 3.63) is 72.3 Å². The van der Waals surface area contributed by atoms with E-state index >= 15 is 0 Å². The monoisotopic (exact) mass is 440 g/mol. The maximum Gasteiger partial charge on any atom is 0.233 e. The van der Waals surface area contributed by atoms with Crippen molar-refractivity contribution in [1.29, 1.82) is 0 Å². The van der Waals surface area contributed by atoms with Gasteiger partial charge in [0.2, 0.25) is 5.91 Å². The second kappa shape index (κ2) is 9.98. The topological polar surface area (TPSA) is 50.6 Å².